The monoisotopic (exact) mass is 320 g/mol. The van der Waals surface area contributed by atoms with Crippen LogP contribution >= 0.6 is 0 Å². The van der Waals surface area contributed by atoms with E-state index in [0.29, 0.717) is 11.3 Å². The largest absolute Gasteiger partial charge is 0.397 e. The molecule has 0 fully saturated rings. The van der Waals surface area contributed by atoms with E-state index >= 15 is 0 Å². The van der Waals surface area contributed by atoms with Crippen molar-refractivity contribution in [2.45, 2.75) is 19.9 Å². The lowest BCUT2D eigenvalue weighted by atomic mass is 9.97. The minimum atomic E-state index is -0.0469. The summed E-state index contributed by atoms with van der Waals surface area (Å²) in [6.45, 7) is 3.67. The number of likely N-dealkylation sites (N-methyl/N-ethyl adjacent to an activating group) is 1. The molecule has 3 heterocycles. The lowest BCUT2D eigenvalue weighted by molar-refractivity contribution is 0.0961. The molecule has 4 rings (SSSR count). The van der Waals surface area contributed by atoms with Crippen LogP contribution in [0.25, 0.3) is 10.9 Å². The zero-order valence-corrected chi connectivity index (χ0v) is 13.9. The summed E-state index contributed by atoms with van der Waals surface area (Å²) in [4.78, 5) is 19.8. The minimum Gasteiger partial charge on any atom is -0.397 e. The summed E-state index contributed by atoms with van der Waals surface area (Å²) in [7, 11) is 2.09. The van der Waals surface area contributed by atoms with Gasteiger partial charge in [0.05, 0.1) is 16.8 Å². The molecule has 3 aromatic rings. The quantitative estimate of drug-likeness (QED) is 0.748. The molecule has 122 valence electrons. The van der Waals surface area contributed by atoms with Crippen LogP contribution in [0.4, 0.5) is 5.69 Å². The van der Waals surface area contributed by atoms with Crippen LogP contribution in [0.15, 0.2) is 36.7 Å². The first-order valence-electron chi connectivity index (χ1n) is 8.12. The van der Waals surface area contributed by atoms with Crippen LogP contribution in [0.5, 0.6) is 0 Å². The van der Waals surface area contributed by atoms with E-state index in [4.69, 9.17) is 5.73 Å². The molecule has 24 heavy (non-hydrogen) atoms. The van der Waals surface area contributed by atoms with E-state index in [0.717, 1.165) is 47.2 Å². The van der Waals surface area contributed by atoms with Gasteiger partial charge < -0.3 is 10.6 Å². The molecular weight excluding hydrogens is 300 g/mol. The standard InChI is InChI=1S/C19H20N4O/c1-12-18(20)15-5-3-4-6-17(15)23(12)19(24)16-10-21-9-13-11-22(2)8-7-14(13)16/h3-6,9-10H,7-8,11,20H2,1-2H3. The van der Waals surface area contributed by atoms with Crippen LogP contribution in [-0.2, 0) is 13.0 Å². The number of rotatable bonds is 1. The molecule has 0 unspecified atom stereocenters. The Morgan fingerprint density at radius 2 is 2.04 bits per heavy atom. The average molecular weight is 320 g/mol. The summed E-state index contributed by atoms with van der Waals surface area (Å²) in [6, 6.07) is 7.76. The maximum atomic E-state index is 13.3. The van der Waals surface area contributed by atoms with Crippen LogP contribution < -0.4 is 5.73 Å². The number of carbonyl (C=O) groups is 1. The van der Waals surface area contributed by atoms with Crippen molar-refractivity contribution in [3.63, 3.8) is 0 Å². The molecule has 0 amide bonds. The molecule has 0 atom stereocenters. The molecule has 0 bridgehead atoms. The second-order valence-electron chi connectivity index (χ2n) is 6.47. The van der Waals surface area contributed by atoms with Gasteiger partial charge in [0.2, 0.25) is 0 Å². The van der Waals surface area contributed by atoms with E-state index in [2.05, 4.69) is 16.9 Å². The molecule has 0 aliphatic carbocycles. The Balaban J connectivity index is 1.90. The van der Waals surface area contributed by atoms with Crippen LogP contribution in [0.3, 0.4) is 0 Å². The van der Waals surface area contributed by atoms with Gasteiger partial charge in [0.15, 0.2) is 0 Å². The molecule has 1 aliphatic rings. The number of hydrogen-bond acceptors (Lipinski definition) is 4. The van der Waals surface area contributed by atoms with Gasteiger partial charge in [-0.3, -0.25) is 14.3 Å². The van der Waals surface area contributed by atoms with Crippen molar-refractivity contribution in [3.05, 3.63) is 59.0 Å². The SMILES string of the molecule is Cc1c(N)c2ccccc2n1C(=O)c1cncc2c1CCN(C)C2. The zero-order chi connectivity index (χ0) is 16.8. The van der Waals surface area contributed by atoms with Crippen LogP contribution in [0, 0.1) is 6.92 Å². The zero-order valence-electron chi connectivity index (χ0n) is 13.9. The van der Waals surface area contributed by atoms with Crippen molar-refractivity contribution in [1.82, 2.24) is 14.5 Å². The van der Waals surface area contributed by atoms with Crippen molar-refractivity contribution in [2.75, 3.05) is 19.3 Å². The normalized spacial score (nSPS) is 14.8. The number of benzene rings is 1. The Morgan fingerprint density at radius 1 is 1.25 bits per heavy atom. The Bertz CT molecular complexity index is 957. The third-order valence-electron chi connectivity index (χ3n) is 4.92. The van der Waals surface area contributed by atoms with E-state index in [1.807, 2.05) is 37.4 Å². The summed E-state index contributed by atoms with van der Waals surface area (Å²) in [6.07, 6.45) is 4.43. The number of para-hydroxylation sites is 1. The van der Waals surface area contributed by atoms with Gasteiger partial charge in [0.1, 0.15) is 0 Å². The Hall–Kier alpha value is -2.66. The van der Waals surface area contributed by atoms with Gasteiger partial charge in [-0.25, -0.2) is 0 Å². The lowest BCUT2D eigenvalue weighted by Crippen LogP contribution is -2.29. The summed E-state index contributed by atoms with van der Waals surface area (Å²) >= 11 is 0. The Labute approximate surface area is 140 Å². The van der Waals surface area contributed by atoms with E-state index in [1.165, 1.54) is 0 Å². The van der Waals surface area contributed by atoms with Gasteiger partial charge in [-0.1, -0.05) is 18.2 Å². The topological polar surface area (TPSA) is 64.1 Å². The third kappa shape index (κ3) is 2.12. The number of carbonyl (C=O) groups excluding carboxylic acids is 1. The number of aromatic nitrogens is 2. The number of anilines is 1. The smallest absolute Gasteiger partial charge is 0.264 e. The minimum absolute atomic E-state index is 0.0469. The fraction of sp³-hybridized carbons (Fsp3) is 0.263. The molecule has 0 spiro atoms. The molecule has 5 heteroatoms. The number of nitrogens with two attached hydrogens (primary N) is 1. The number of pyridine rings is 1. The predicted molar refractivity (Wildman–Crippen MR) is 95.1 cm³/mol. The number of nitrogen functional groups attached to an aromatic ring is 1. The summed E-state index contributed by atoms with van der Waals surface area (Å²) in [5, 5.41) is 0.917. The van der Waals surface area contributed by atoms with Crippen molar-refractivity contribution in [3.8, 4) is 0 Å². The average Bonchev–Trinajstić information content (AvgIpc) is 2.85. The highest BCUT2D eigenvalue weighted by molar-refractivity contribution is 6.07. The summed E-state index contributed by atoms with van der Waals surface area (Å²) < 4.78 is 1.72. The molecule has 0 saturated heterocycles. The van der Waals surface area contributed by atoms with Crippen molar-refractivity contribution >= 4 is 22.5 Å². The summed E-state index contributed by atoms with van der Waals surface area (Å²) in [5.41, 5.74) is 11.4. The summed E-state index contributed by atoms with van der Waals surface area (Å²) in [5.74, 6) is -0.0469. The first kappa shape index (κ1) is 14.9. The van der Waals surface area contributed by atoms with Gasteiger partial charge in [-0.15, -0.1) is 0 Å². The predicted octanol–water partition coefficient (Wildman–Crippen LogP) is 2.60. The molecule has 0 radical (unpaired) electrons. The van der Waals surface area contributed by atoms with Gasteiger partial charge in [-0.05, 0) is 37.6 Å². The fourth-order valence-electron chi connectivity index (χ4n) is 3.59. The van der Waals surface area contributed by atoms with E-state index < -0.39 is 0 Å². The number of fused-ring (bicyclic) bond motifs is 2. The fourth-order valence-corrected chi connectivity index (χ4v) is 3.59. The maximum absolute atomic E-state index is 13.3. The number of nitrogens with zero attached hydrogens (tertiary/aromatic N) is 3. The molecule has 5 nitrogen and oxygen atoms in total. The van der Waals surface area contributed by atoms with Gasteiger partial charge >= 0.3 is 0 Å². The molecule has 1 aromatic carbocycles. The van der Waals surface area contributed by atoms with Gasteiger partial charge in [0, 0.05) is 36.6 Å². The second-order valence-corrected chi connectivity index (χ2v) is 6.47. The van der Waals surface area contributed by atoms with Crippen LogP contribution in [0.2, 0.25) is 0 Å². The second kappa shape index (κ2) is 5.46. The highest BCUT2D eigenvalue weighted by Crippen LogP contribution is 2.30. The van der Waals surface area contributed by atoms with Gasteiger partial charge in [0.25, 0.3) is 5.91 Å². The highest BCUT2D eigenvalue weighted by atomic mass is 16.2. The van der Waals surface area contributed by atoms with Crippen LogP contribution in [0.1, 0.15) is 27.2 Å². The third-order valence-corrected chi connectivity index (χ3v) is 4.92. The molecular formula is C19H20N4O. The number of hydrogen-bond donors (Lipinski definition) is 1. The van der Waals surface area contributed by atoms with Crippen LogP contribution in [-0.4, -0.2) is 34.0 Å². The highest BCUT2D eigenvalue weighted by Gasteiger charge is 2.24. The maximum Gasteiger partial charge on any atom is 0.264 e. The molecule has 2 N–H and O–H groups in total. The van der Waals surface area contributed by atoms with E-state index in [1.54, 1.807) is 10.8 Å². The van der Waals surface area contributed by atoms with Crippen molar-refractivity contribution in [2.24, 2.45) is 0 Å². The van der Waals surface area contributed by atoms with E-state index in [9.17, 15) is 4.79 Å². The lowest BCUT2D eigenvalue weighted by Gasteiger charge is -2.26. The van der Waals surface area contributed by atoms with Crippen molar-refractivity contribution < 1.29 is 4.79 Å². The van der Waals surface area contributed by atoms with E-state index in [-0.39, 0.29) is 5.91 Å². The first-order chi connectivity index (χ1) is 11.6. The Morgan fingerprint density at radius 3 is 2.88 bits per heavy atom. The van der Waals surface area contributed by atoms with Crippen molar-refractivity contribution in [1.29, 1.82) is 0 Å². The molecule has 2 aromatic heterocycles. The first-order valence-corrected chi connectivity index (χ1v) is 8.12. The molecule has 1 aliphatic heterocycles. The van der Waals surface area contributed by atoms with Gasteiger partial charge in [-0.2, -0.15) is 0 Å². The Kier molecular flexibility index (Phi) is 3.39. The molecule has 0 saturated carbocycles.